The van der Waals surface area contributed by atoms with E-state index in [4.69, 9.17) is 10.3 Å². The van der Waals surface area contributed by atoms with Gasteiger partial charge >= 0.3 is 0 Å². The Labute approximate surface area is 90.4 Å². The molecule has 5 heteroatoms. The van der Waals surface area contributed by atoms with Gasteiger partial charge < -0.3 is 10.3 Å². The van der Waals surface area contributed by atoms with Crippen molar-refractivity contribution < 1.29 is 8.91 Å². The van der Waals surface area contributed by atoms with Crippen LogP contribution < -0.4 is 5.73 Å². The monoisotopic (exact) mass is 224 g/mol. The molecule has 2 rings (SSSR count). The Bertz CT molecular complexity index is 484. The Balaban J connectivity index is 2.66. The summed E-state index contributed by atoms with van der Waals surface area (Å²) in [5.41, 5.74) is 6.51. The van der Waals surface area contributed by atoms with Crippen molar-refractivity contribution >= 4 is 17.6 Å². The van der Waals surface area contributed by atoms with E-state index >= 15 is 0 Å². The standard InChI is InChI=1S/C10H9FN2OS/c1-15-8-4-2-3-7(11)9(8)6-5-13-14-10(6)12/h2-5H,12H2,1H3. The summed E-state index contributed by atoms with van der Waals surface area (Å²) in [6, 6.07) is 4.88. The van der Waals surface area contributed by atoms with Crippen molar-refractivity contribution in [2.45, 2.75) is 4.90 Å². The van der Waals surface area contributed by atoms with Gasteiger partial charge in [0.1, 0.15) is 5.82 Å². The minimum atomic E-state index is -0.322. The molecular formula is C10H9FN2OS. The molecule has 0 spiro atoms. The maximum Gasteiger partial charge on any atom is 0.230 e. The summed E-state index contributed by atoms with van der Waals surface area (Å²) in [5, 5.41) is 3.54. The molecule has 0 fully saturated rings. The second-order valence-electron chi connectivity index (χ2n) is 2.92. The second-order valence-corrected chi connectivity index (χ2v) is 3.77. The molecule has 2 N–H and O–H groups in total. The number of nitrogens with two attached hydrogens (primary N) is 1. The molecule has 0 aliphatic carbocycles. The highest BCUT2D eigenvalue weighted by Gasteiger charge is 2.15. The minimum absolute atomic E-state index is 0.135. The number of rotatable bonds is 2. The summed E-state index contributed by atoms with van der Waals surface area (Å²) in [5.74, 6) is -0.188. The molecule has 0 unspecified atom stereocenters. The van der Waals surface area contributed by atoms with Gasteiger partial charge in [-0.05, 0) is 18.4 Å². The van der Waals surface area contributed by atoms with E-state index in [0.29, 0.717) is 11.1 Å². The summed E-state index contributed by atoms with van der Waals surface area (Å²) in [7, 11) is 0. The third-order valence-electron chi connectivity index (χ3n) is 2.06. The lowest BCUT2D eigenvalue weighted by atomic mass is 10.1. The third-order valence-corrected chi connectivity index (χ3v) is 2.84. The van der Waals surface area contributed by atoms with Gasteiger partial charge in [-0.25, -0.2) is 4.39 Å². The molecule has 2 aromatic rings. The number of anilines is 1. The molecule has 0 amide bonds. The van der Waals surface area contributed by atoms with Gasteiger partial charge in [0.25, 0.3) is 0 Å². The van der Waals surface area contributed by atoms with Crippen molar-refractivity contribution in [3.63, 3.8) is 0 Å². The first kappa shape index (κ1) is 10.0. The van der Waals surface area contributed by atoms with Crippen molar-refractivity contribution in [2.75, 3.05) is 12.0 Å². The zero-order chi connectivity index (χ0) is 10.8. The number of nitrogens with zero attached hydrogens (tertiary/aromatic N) is 1. The fourth-order valence-electron chi connectivity index (χ4n) is 1.37. The van der Waals surface area contributed by atoms with Crippen molar-refractivity contribution in [3.05, 3.63) is 30.2 Å². The van der Waals surface area contributed by atoms with Crippen molar-refractivity contribution in [1.29, 1.82) is 0 Å². The van der Waals surface area contributed by atoms with Crippen LogP contribution in [0.4, 0.5) is 10.3 Å². The van der Waals surface area contributed by atoms with Crippen LogP contribution in [0.5, 0.6) is 0 Å². The van der Waals surface area contributed by atoms with Crippen molar-refractivity contribution in [3.8, 4) is 11.1 Å². The Kier molecular flexibility index (Phi) is 2.64. The van der Waals surface area contributed by atoms with Crippen molar-refractivity contribution in [2.24, 2.45) is 0 Å². The number of nitrogen functional groups attached to an aromatic ring is 1. The normalized spacial score (nSPS) is 10.5. The SMILES string of the molecule is CSc1cccc(F)c1-c1cnoc1N. The second kappa shape index (κ2) is 3.94. The van der Waals surface area contributed by atoms with E-state index < -0.39 is 0 Å². The van der Waals surface area contributed by atoms with Crippen LogP contribution in [0.25, 0.3) is 11.1 Å². The van der Waals surface area contributed by atoms with E-state index in [2.05, 4.69) is 5.16 Å². The van der Waals surface area contributed by atoms with Gasteiger partial charge in [-0.15, -0.1) is 11.8 Å². The first-order valence-corrected chi connectivity index (χ1v) is 5.49. The number of hydrogen-bond donors (Lipinski definition) is 1. The van der Waals surface area contributed by atoms with Crippen LogP contribution in [0.3, 0.4) is 0 Å². The summed E-state index contributed by atoms with van der Waals surface area (Å²) in [6.45, 7) is 0. The lowest BCUT2D eigenvalue weighted by Gasteiger charge is -2.06. The molecule has 78 valence electrons. The minimum Gasteiger partial charge on any atom is -0.367 e. The van der Waals surface area contributed by atoms with Crippen LogP contribution in [-0.4, -0.2) is 11.4 Å². The van der Waals surface area contributed by atoms with Crippen LogP contribution in [0.15, 0.2) is 33.8 Å². The Morgan fingerprint density at radius 1 is 1.47 bits per heavy atom. The lowest BCUT2D eigenvalue weighted by molar-refractivity contribution is 0.436. The molecule has 0 aliphatic heterocycles. The Morgan fingerprint density at radius 2 is 2.27 bits per heavy atom. The predicted octanol–water partition coefficient (Wildman–Crippen LogP) is 2.78. The average molecular weight is 224 g/mol. The Hall–Kier alpha value is -1.49. The first-order valence-electron chi connectivity index (χ1n) is 4.27. The van der Waals surface area contributed by atoms with Crippen LogP contribution in [0, 0.1) is 5.82 Å². The van der Waals surface area contributed by atoms with Crippen LogP contribution in [0.1, 0.15) is 0 Å². The number of hydrogen-bond acceptors (Lipinski definition) is 4. The van der Waals surface area contributed by atoms with E-state index in [-0.39, 0.29) is 11.7 Å². The topological polar surface area (TPSA) is 52.0 Å². The van der Waals surface area contributed by atoms with Gasteiger partial charge in [-0.3, -0.25) is 0 Å². The van der Waals surface area contributed by atoms with Gasteiger partial charge in [0.05, 0.1) is 11.8 Å². The number of benzene rings is 1. The molecule has 0 bridgehead atoms. The molecule has 1 aromatic carbocycles. The van der Waals surface area contributed by atoms with Gasteiger partial charge in [-0.2, -0.15) is 0 Å². The predicted molar refractivity (Wildman–Crippen MR) is 58.1 cm³/mol. The van der Waals surface area contributed by atoms with E-state index in [1.165, 1.54) is 24.0 Å². The van der Waals surface area contributed by atoms with Crippen LogP contribution in [-0.2, 0) is 0 Å². The van der Waals surface area contributed by atoms with E-state index in [1.54, 1.807) is 6.07 Å². The van der Waals surface area contributed by atoms with Gasteiger partial charge in [0.15, 0.2) is 0 Å². The van der Waals surface area contributed by atoms with Crippen LogP contribution >= 0.6 is 11.8 Å². The average Bonchev–Trinajstić information content (AvgIpc) is 2.64. The van der Waals surface area contributed by atoms with Gasteiger partial charge in [0.2, 0.25) is 5.88 Å². The lowest BCUT2D eigenvalue weighted by Crippen LogP contribution is -1.90. The first-order chi connectivity index (χ1) is 7.24. The summed E-state index contributed by atoms with van der Waals surface area (Å²) in [6.07, 6.45) is 3.30. The summed E-state index contributed by atoms with van der Waals surface area (Å²) < 4.78 is 18.4. The largest absolute Gasteiger partial charge is 0.367 e. The van der Waals surface area contributed by atoms with E-state index in [9.17, 15) is 4.39 Å². The molecule has 1 heterocycles. The fourth-order valence-corrected chi connectivity index (χ4v) is 2.00. The molecule has 1 aromatic heterocycles. The zero-order valence-electron chi connectivity index (χ0n) is 8.03. The quantitative estimate of drug-likeness (QED) is 0.797. The van der Waals surface area contributed by atoms with Crippen molar-refractivity contribution in [1.82, 2.24) is 5.16 Å². The molecule has 3 nitrogen and oxygen atoms in total. The number of aromatic nitrogens is 1. The third kappa shape index (κ3) is 1.70. The smallest absolute Gasteiger partial charge is 0.230 e. The molecular weight excluding hydrogens is 215 g/mol. The fraction of sp³-hybridized carbons (Fsp3) is 0.100. The van der Waals surface area contributed by atoms with E-state index in [0.717, 1.165) is 4.90 Å². The van der Waals surface area contributed by atoms with Crippen LogP contribution in [0.2, 0.25) is 0 Å². The highest BCUT2D eigenvalue weighted by molar-refractivity contribution is 7.98. The molecule has 0 radical (unpaired) electrons. The molecule has 0 aliphatic rings. The molecule has 0 atom stereocenters. The highest BCUT2D eigenvalue weighted by Crippen LogP contribution is 2.35. The molecule has 0 saturated heterocycles. The Morgan fingerprint density at radius 3 is 2.87 bits per heavy atom. The molecule has 15 heavy (non-hydrogen) atoms. The highest BCUT2D eigenvalue weighted by atomic mass is 32.2. The van der Waals surface area contributed by atoms with Gasteiger partial charge in [-0.1, -0.05) is 11.2 Å². The molecule has 0 saturated carbocycles. The summed E-state index contributed by atoms with van der Waals surface area (Å²) >= 11 is 1.45. The van der Waals surface area contributed by atoms with Gasteiger partial charge in [0, 0.05) is 10.5 Å². The maximum absolute atomic E-state index is 13.6. The number of thioether (sulfide) groups is 1. The number of halogens is 1. The summed E-state index contributed by atoms with van der Waals surface area (Å²) in [4.78, 5) is 0.810. The van der Waals surface area contributed by atoms with E-state index in [1.807, 2.05) is 12.3 Å². The maximum atomic E-state index is 13.6. The zero-order valence-corrected chi connectivity index (χ0v) is 8.84.